The van der Waals surface area contributed by atoms with Crippen LogP contribution >= 0.6 is 0 Å². The van der Waals surface area contributed by atoms with Crippen LogP contribution in [-0.4, -0.2) is 26.3 Å². The Morgan fingerprint density at radius 2 is 0.880 bits per heavy atom. The lowest BCUT2D eigenvalue weighted by Gasteiger charge is -2.05. The molecule has 0 amide bonds. The van der Waals surface area contributed by atoms with Crippen LogP contribution in [-0.2, 0) is 4.74 Å². The standard InChI is InChI=1S/C23H49NO/c1-3-5-6-7-8-9-10-11-12-13-14-15-16-17-18-19-22-25-23-20-21-24-4-2/h24H,3-23H2,1-2H3. The van der Waals surface area contributed by atoms with E-state index in [1.165, 1.54) is 103 Å². The van der Waals surface area contributed by atoms with Gasteiger partial charge in [0.2, 0.25) is 0 Å². The van der Waals surface area contributed by atoms with E-state index in [0.29, 0.717) is 0 Å². The molecular formula is C23H49NO. The van der Waals surface area contributed by atoms with Gasteiger partial charge in [0.25, 0.3) is 0 Å². The van der Waals surface area contributed by atoms with Crippen molar-refractivity contribution in [2.75, 3.05) is 26.3 Å². The second-order valence-electron chi connectivity index (χ2n) is 7.62. The monoisotopic (exact) mass is 355 g/mol. The van der Waals surface area contributed by atoms with E-state index in [1.807, 2.05) is 0 Å². The highest BCUT2D eigenvalue weighted by Gasteiger charge is 1.95. The normalized spacial score (nSPS) is 11.3. The Labute approximate surface area is 159 Å². The van der Waals surface area contributed by atoms with E-state index in [4.69, 9.17) is 4.74 Å². The van der Waals surface area contributed by atoms with E-state index in [9.17, 15) is 0 Å². The van der Waals surface area contributed by atoms with Crippen molar-refractivity contribution in [1.82, 2.24) is 5.32 Å². The molecule has 0 atom stereocenters. The predicted octanol–water partition coefficient (Wildman–Crippen LogP) is 7.26. The summed E-state index contributed by atoms with van der Waals surface area (Å²) in [4.78, 5) is 0. The summed E-state index contributed by atoms with van der Waals surface area (Å²) >= 11 is 0. The molecule has 0 aromatic carbocycles. The van der Waals surface area contributed by atoms with Gasteiger partial charge in [-0.25, -0.2) is 0 Å². The zero-order chi connectivity index (χ0) is 18.3. The minimum atomic E-state index is 0.922. The van der Waals surface area contributed by atoms with Gasteiger partial charge in [0, 0.05) is 13.2 Å². The lowest BCUT2D eigenvalue weighted by molar-refractivity contribution is 0.127. The minimum Gasteiger partial charge on any atom is -0.381 e. The first-order chi connectivity index (χ1) is 12.4. The molecular weight excluding hydrogens is 306 g/mol. The number of nitrogens with one attached hydrogen (secondary N) is 1. The molecule has 2 nitrogen and oxygen atoms in total. The molecule has 0 aromatic heterocycles. The van der Waals surface area contributed by atoms with Gasteiger partial charge in [-0.05, 0) is 25.9 Å². The third-order valence-electron chi connectivity index (χ3n) is 5.03. The molecule has 0 rings (SSSR count). The number of hydrogen-bond donors (Lipinski definition) is 1. The zero-order valence-corrected chi connectivity index (χ0v) is 17.8. The third-order valence-corrected chi connectivity index (χ3v) is 5.03. The molecule has 0 aromatic rings. The maximum absolute atomic E-state index is 5.66. The molecule has 2 heteroatoms. The summed E-state index contributed by atoms with van der Waals surface area (Å²) in [6, 6.07) is 0. The molecule has 0 unspecified atom stereocenters. The van der Waals surface area contributed by atoms with Crippen LogP contribution in [0.4, 0.5) is 0 Å². The van der Waals surface area contributed by atoms with Gasteiger partial charge >= 0.3 is 0 Å². The molecule has 0 heterocycles. The van der Waals surface area contributed by atoms with Crippen LogP contribution in [0.15, 0.2) is 0 Å². The van der Waals surface area contributed by atoms with Gasteiger partial charge < -0.3 is 10.1 Å². The summed E-state index contributed by atoms with van der Waals surface area (Å²) in [5.74, 6) is 0. The van der Waals surface area contributed by atoms with Crippen molar-refractivity contribution in [1.29, 1.82) is 0 Å². The van der Waals surface area contributed by atoms with Gasteiger partial charge in [0.15, 0.2) is 0 Å². The molecule has 0 spiro atoms. The van der Waals surface area contributed by atoms with Gasteiger partial charge in [0.05, 0.1) is 0 Å². The fourth-order valence-electron chi connectivity index (χ4n) is 3.33. The molecule has 0 fully saturated rings. The fraction of sp³-hybridized carbons (Fsp3) is 1.00. The maximum atomic E-state index is 5.66. The van der Waals surface area contributed by atoms with Crippen LogP contribution < -0.4 is 5.32 Å². The Morgan fingerprint density at radius 3 is 1.32 bits per heavy atom. The Kier molecular flexibility index (Phi) is 23.8. The van der Waals surface area contributed by atoms with Crippen LogP contribution in [0.1, 0.15) is 123 Å². The molecule has 0 saturated carbocycles. The Balaban J connectivity index is 2.94. The molecule has 0 radical (unpaired) electrons. The topological polar surface area (TPSA) is 21.3 Å². The average Bonchev–Trinajstić information content (AvgIpc) is 2.63. The van der Waals surface area contributed by atoms with Crippen molar-refractivity contribution in [3.8, 4) is 0 Å². The van der Waals surface area contributed by atoms with Gasteiger partial charge in [-0.2, -0.15) is 0 Å². The second kappa shape index (κ2) is 23.9. The summed E-state index contributed by atoms with van der Waals surface area (Å²) in [7, 11) is 0. The summed E-state index contributed by atoms with van der Waals surface area (Å²) in [6.45, 7) is 8.49. The SMILES string of the molecule is CCCCCCCCCCCCCCCCCCOCCCNCC. The maximum Gasteiger partial charge on any atom is 0.0478 e. The van der Waals surface area contributed by atoms with Crippen molar-refractivity contribution < 1.29 is 4.74 Å². The summed E-state index contributed by atoms with van der Waals surface area (Å²) < 4.78 is 5.66. The van der Waals surface area contributed by atoms with Crippen LogP contribution in [0.25, 0.3) is 0 Å². The number of rotatable bonds is 22. The first kappa shape index (κ1) is 24.9. The largest absolute Gasteiger partial charge is 0.381 e. The Morgan fingerprint density at radius 1 is 0.480 bits per heavy atom. The van der Waals surface area contributed by atoms with Crippen molar-refractivity contribution >= 4 is 0 Å². The smallest absolute Gasteiger partial charge is 0.0478 e. The van der Waals surface area contributed by atoms with Gasteiger partial charge in [-0.15, -0.1) is 0 Å². The van der Waals surface area contributed by atoms with Crippen LogP contribution in [0.2, 0.25) is 0 Å². The molecule has 0 aliphatic carbocycles. The lowest BCUT2D eigenvalue weighted by atomic mass is 10.0. The van der Waals surface area contributed by atoms with Gasteiger partial charge in [-0.3, -0.25) is 0 Å². The van der Waals surface area contributed by atoms with E-state index in [1.54, 1.807) is 0 Å². The van der Waals surface area contributed by atoms with Crippen molar-refractivity contribution in [3.63, 3.8) is 0 Å². The highest BCUT2D eigenvalue weighted by Crippen LogP contribution is 2.13. The quantitative estimate of drug-likeness (QED) is 0.206. The summed E-state index contributed by atoms with van der Waals surface area (Å²) in [5.41, 5.74) is 0. The van der Waals surface area contributed by atoms with Gasteiger partial charge in [0.1, 0.15) is 0 Å². The average molecular weight is 356 g/mol. The molecule has 152 valence electrons. The lowest BCUT2D eigenvalue weighted by Crippen LogP contribution is -2.15. The van der Waals surface area contributed by atoms with Crippen LogP contribution in [0.5, 0.6) is 0 Å². The molecule has 1 N–H and O–H groups in total. The highest BCUT2D eigenvalue weighted by molar-refractivity contribution is 4.50. The van der Waals surface area contributed by atoms with E-state index >= 15 is 0 Å². The minimum absolute atomic E-state index is 0.922. The van der Waals surface area contributed by atoms with E-state index in [2.05, 4.69) is 19.2 Å². The Hall–Kier alpha value is -0.0800. The van der Waals surface area contributed by atoms with E-state index < -0.39 is 0 Å². The summed E-state index contributed by atoms with van der Waals surface area (Å²) in [5, 5.41) is 3.33. The van der Waals surface area contributed by atoms with Crippen LogP contribution in [0, 0.1) is 0 Å². The van der Waals surface area contributed by atoms with Crippen molar-refractivity contribution in [2.45, 2.75) is 123 Å². The van der Waals surface area contributed by atoms with Gasteiger partial charge in [-0.1, -0.05) is 110 Å². The molecule has 25 heavy (non-hydrogen) atoms. The zero-order valence-electron chi connectivity index (χ0n) is 17.8. The highest BCUT2D eigenvalue weighted by atomic mass is 16.5. The van der Waals surface area contributed by atoms with Crippen molar-refractivity contribution in [2.24, 2.45) is 0 Å². The number of unbranched alkanes of at least 4 members (excludes halogenated alkanes) is 15. The van der Waals surface area contributed by atoms with E-state index in [-0.39, 0.29) is 0 Å². The van der Waals surface area contributed by atoms with E-state index in [0.717, 1.165) is 32.7 Å². The first-order valence-corrected chi connectivity index (χ1v) is 11.7. The molecule has 0 bridgehead atoms. The van der Waals surface area contributed by atoms with Crippen LogP contribution in [0.3, 0.4) is 0 Å². The molecule has 0 aliphatic rings. The predicted molar refractivity (Wildman–Crippen MR) is 114 cm³/mol. The third kappa shape index (κ3) is 23.9. The molecule has 0 aliphatic heterocycles. The fourth-order valence-corrected chi connectivity index (χ4v) is 3.33. The Bertz CT molecular complexity index is 198. The van der Waals surface area contributed by atoms with Crippen molar-refractivity contribution in [3.05, 3.63) is 0 Å². The number of hydrogen-bond acceptors (Lipinski definition) is 2. The number of ether oxygens (including phenoxy) is 1. The first-order valence-electron chi connectivity index (χ1n) is 11.7. The second-order valence-corrected chi connectivity index (χ2v) is 7.62. The summed E-state index contributed by atoms with van der Waals surface area (Å²) in [6.07, 6.45) is 24.0. The molecule has 0 saturated heterocycles.